The smallest absolute Gasteiger partial charge is 0.238 e. The fraction of sp³-hybridized carbons (Fsp3) is 0.600. The lowest BCUT2D eigenvalue weighted by atomic mass is 10.0. The van der Waals surface area contributed by atoms with Gasteiger partial charge in [-0.2, -0.15) is 0 Å². The number of sulfonamides is 1. The van der Waals surface area contributed by atoms with Gasteiger partial charge in [0.15, 0.2) is 0 Å². The first-order valence-electron chi connectivity index (χ1n) is 7.44. The van der Waals surface area contributed by atoms with Crippen LogP contribution in [0.2, 0.25) is 0 Å². The molecule has 1 fully saturated rings. The molecular formula is C15H25N3O2S. The molecule has 3 N–H and O–H groups in total. The van der Waals surface area contributed by atoms with Gasteiger partial charge in [-0.05, 0) is 51.1 Å². The summed E-state index contributed by atoms with van der Waals surface area (Å²) in [5.41, 5.74) is 0.944. The highest BCUT2D eigenvalue weighted by Crippen LogP contribution is 2.18. The van der Waals surface area contributed by atoms with E-state index in [0.29, 0.717) is 6.04 Å². The molecule has 0 aliphatic carbocycles. The summed E-state index contributed by atoms with van der Waals surface area (Å²) < 4.78 is 22.8. The number of rotatable bonds is 5. The standard InChI is InChI=1S/C15H25N3O2S/c1-12(17-11-14-7-3-4-9-18(14)2)13-6-5-8-15(10-13)21(16,19)20/h5-6,8,10,12,14,17H,3-4,7,9,11H2,1-2H3,(H2,16,19,20). The van der Waals surface area contributed by atoms with Gasteiger partial charge in [0.1, 0.15) is 0 Å². The molecule has 21 heavy (non-hydrogen) atoms. The number of likely N-dealkylation sites (tertiary alicyclic amines) is 1. The van der Waals surface area contributed by atoms with Crippen LogP contribution in [0.15, 0.2) is 29.2 Å². The molecular weight excluding hydrogens is 286 g/mol. The monoisotopic (exact) mass is 311 g/mol. The number of hydrogen-bond donors (Lipinski definition) is 2. The Morgan fingerprint density at radius 3 is 2.86 bits per heavy atom. The van der Waals surface area contributed by atoms with Crippen molar-refractivity contribution in [2.45, 2.75) is 43.2 Å². The number of nitrogens with two attached hydrogens (primary N) is 1. The van der Waals surface area contributed by atoms with Gasteiger partial charge in [-0.25, -0.2) is 13.6 Å². The van der Waals surface area contributed by atoms with Crippen LogP contribution >= 0.6 is 0 Å². The molecule has 5 nitrogen and oxygen atoms in total. The van der Waals surface area contributed by atoms with Crippen molar-refractivity contribution in [2.24, 2.45) is 5.14 Å². The van der Waals surface area contributed by atoms with Gasteiger partial charge in [0.25, 0.3) is 0 Å². The number of nitrogens with one attached hydrogen (secondary N) is 1. The van der Waals surface area contributed by atoms with Crippen LogP contribution in [0, 0.1) is 0 Å². The van der Waals surface area contributed by atoms with E-state index in [1.54, 1.807) is 12.1 Å². The van der Waals surface area contributed by atoms with E-state index in [1.165, 1.54) is 25.3 Å². The molecule has 1 aromatic carbocycles. The second-order valence-electron chi connectivity index (χ2n) is 5.88. The van der Waals surface area contributed by atoms with Gasteiger partial charge in [0.2, 0.25) is 10.0 Å². The predicted octanol–water partition coefficient (Wildman–Crippen LogP) is 1.47. The summed E-state index contributed by atoms with van der Waals surface area (Å²) in [6.45, 7) is 4.12. The molecule has 2 atom stereocenters. The quantitative estimate of drug-likeness (QED) is 0.863. The van der Waals surface area contributed by atoms with Crippen LogP contribution in [0.4, 0.5) is 0 Å². The normalized spacial score (nSPS) is 22.1. The Labute approximate surface area is 127 Å². The Bertz CT molecular complexity index is 574. The number of likely N-dealkylation sites (N-methyl/N-ethyl adjacent to an activating group) is 1. The minimum Gasteiger partial charge on any atom is -0.309 e. The molecule has 0 spiro atoms. The van der Waals surface area contributed by atoms with E-state index in [2.05, 4.69) is 17.3 Å². The molecule has 0 aromatic heterocycles. The van der Waals surface area contributed by atoms with Crippen LogP contribution in [0.5, 0.6) is 0 Å². The lowest BCUT2D eigenvalue weighted by Crippen LogP contribution is -2.43. The van der Waals surface area contributed by atoms with E-state index >= 15 is 0 Å². The fourth-order valence-electron chi connectivity index (χ4n) is 2.79. The minimum absolute atomic E-state index is 0.0991. The SMILES string of the molecule is CC(NCC1CCCCN1C)c1cccc(S(N)(=O)=O)c1. The number of primary sulfonamides is 1. The Morgan fingerprint density at radius 1 is 1.43 bits per heavy atom. The molecule has 2 rings (SSSR count). The zero-order chi connectivity index (χ0) is 15.5. The molecule has 1 saturated heterocycles. The topological polar surface area (TPSA) is 75.4 Å². The molecule has 6 heteroatoms. The molecule has 0 radical (unpaired) electrons. The highest BCUT2D eigenvalue weighted by Gasteiger charge is 2.19. The van der Waals surface area contributed by atoms with Crippen molar-refractivity contribution in [3.05, 3.63) is 29.8 Å². The average Bonchev–Trinajstić information content (AvgIpc) is 2.45. The molecule has 2 unspecified atom stereocenters. The highest BCUT2D eigenvalue weighted by atomic mass is 32.2. The van der Waals surface area contributed by atoms with Crippen LogP contribution < -0.4 is 10.5 Å². The molecule has 0 bridgehead atoms. The maximum atomic E-state index is 11.4. The Kier molecular flexibility index (Phi) is 5.37. The lowest BCUT2D eigenvalue weighted by Gasteiger charge is -2.33. The van der Waals surface area contributed by atoms with Crippen molar-refractivity contribution in [1.29, 1.82) is 0 Å². The van der Waals surface area contributed by atoms with Gasteiger partial charge in [0.05, 0.1) is 4.90 Å². The second-order valence-corrected chi connectivity index (χ2v) is 7.44. The summed E-state index contributed by atoms with van der Waals surface area (Å²) in [6.07, 6.45) is 3.78. The summed E-state index contributed by atoms with van der Waals surface area (Å²) in [5.74, 6) is 0. The van der Waals surface area contributed by atoms with Gasteiger partial charge >= 0.3 is 0 Å². The average molecular weight is 311 g/mol. The van der Waals surface area contributed by atoms with E-state index in [4.69, 9.17) is 5.14 Å². The fourth-order valence-corrected chi connectivity index (χ4v) is 3.36. The van der Waals surface area contributed by atoms with E-state index < -0.39 is 10.0 Å². The van der Waals surface area contributed by atoms with E-state index in [9.17, 15) is 8.42 Å². The van der Waals surface area contributed by atoms with Gasteiger partial charge < -0.3 is 10.2 Å². The van der Waals surface area contributed by atoms with Gasteiger partial charge in [-0.3, -0.25) is 0 Å². The Morgan fingerprint density at radius 2 is 2.19 bits per heavy atom. The van der Waals surface area contributed by atoms with Crippen molar-refractivity contribution in [3.63, 3.8) is 0 Å². The third-order valence-corrected chi connectivity index (χ3v) is 5.18. The Hall–Kier alpha value is -0.950. The van der Waals surface area contributed by atoms with Gasteiger partial charge in [0, 0.05) is 18.6 Å². The first-order valence-corrected chi connectivity index (χ1v) is 8.99. The maximum Gasteiger partial charge on any atom is 0.238 e. The van der Waals surface area contributed by atoms with Crippen molar-refractivity contribution < 1.29 is 8.42 Å². The number of nitrogens with zero attached hydrogens (tertiary/aromatic N) is 1. The molecule has 1 aliphatic rings. The summed E-state index contributed by atoms with van der Waals surface area (Å²) >= 11 is 0. The van der Waals surface area contributed by atoms with Gasteiger partial charge in [-0.1, -0.05) is 18.6 Å². The van der Waals surface area contributed by atoms with Crippen LogP contribution in [0.3, 0.4) is 0 Å². The van der Waals surface area contributed by atoms with Crippen LogP contribution in [-0.4, -0.2) is 39.5 Å². The molecule has 1 heterocycles. The predicted molar refractivity (Wildman–Crippen MR) is 84.5 cm³/mol. The van der Waals surface area contributed by atoms with Crippen molar-refractivity contribution in [3.8, 4) is 0 Å². The summed E-state index contributed by atoms with van der Waals surface area (Å²) in [7, 11) is -1.47. The summed E-state index contributed by atoms with van der Waals surface area (Å²) in [6, 6.07) is 7.50. The first kappa shape index (κ1) is 16.4. The van der Waals surface area contributed by atoms with Crippen molar-refractivity contribution >= 4 is 10.0 Å². The zero-order valence-electron chi connectivity index (χ0n) is 12.7. The van der Waals surface area contributed by atoms with Crippen molar-refractivity contribution in [1.82, 2.24) is 10.2 Å². The molecule has 0 amide bonds. The summed E-state index contributed by atoms with van der Waals surface area (Å²) in [4.78, 5) is 2.56. The molecule has 118 valence electrons. The lowest BCUT2D eigenvalue weighted by molar-refractivity contribution is 0.178. The van der Waals surface area contributed by atoms with E-state index in [-0.39, 0.29) is 10.9 Å². The number of piperidine rings is 1. The molecule has 0 saturated carbocycles. The minimum atomic E-state index is -3.64. The van der Waals surface area contributed by atoms with Crippen LogP contribution in [-0.2, 0) is 10.0 Å². The number of benzene rings is 1. The van der Waals surface area contributed by atoms with E-state index in [0.717, 1.165) is 18.7 Å². The zero-order valence-corrected chi connectivity index (χ0v) is 13.6. The van der Waals surface area contributed by atoms with Crippen LogP contribution in [0.25, 0.3) is 0 Å². The molecule has 1 aromatic rings. The largest absolute Gasteiger partial charge is 0.309 e. The molecule has 1 aliphatic heterocycles. The second kappa shape index (κ2) is 6.87. The highest BCUT2D eigenvalue weighted by molar-refractivity contribution is 7.89. The van der Waals surface area contributed by atoms with Gasteiger partial charge in [-0.15, -0.1) is 0 Å². The van der Waals surface area contributed by atoms with Crippen molar-refractivity contribution in [2.75, 3.05) is 20.1 Å². The van der Waals surface area contributed by atoms with Crippen LogP contribution in [0.1, 0.15) is 37.8 Å². The maximum absolute atomic E-state index is 11.4. The third-order valence-electron chi connectivity index (χ3n) is 4.27. The first-order chi connectivity index (χ1) is 9.88. The third kappa shape index (κ3) is 4.51. The summed E-state index contributed by atoms with van der Waals surface area (Å²) in [5, 5.41) is 8.68. The van der Waals surface area contributed by atoms with E-state index in [1.807, 2.05) is 13.0 Å². The number of hydrogen-bond acceptors (Lipinski definition) is 4. The Balaban J connectivity index is 1.98.